The molecule has 5 nitrogen and oxygen atoms in total. The molecule has 0 spiro atoms. The first-order valence-corrected chi connectivity index (χ1v) is 6.62. The van der Waals surface area contributed by atoms with Gasteiger partial charge < -0.3 is 14.2 Å². The molecule has 0 N–H and O–H groups in total. The normalized spacial score (nSPS) is 9.91. The Hall–Kier alpha value is -2.82. The van der Waals surface area contributed by atoms with Gasteiger partial charge in [-0.05, 0) is 48.5 Å². The first-order valence-electron chi connectivity index (χ1n) is 6.62. The smallest absolute Gasteiger partial charge is 0.337 e. The van der Waals surface area contributed by atoms with Crippen LogP contribution in [0.1, 0.15) is 20.7 Å². The summed E-state index contributed by atoms with van der Waals surface area (Å²) in [5.74, 6) is 0.644. The van der Waals surface area contributed by atoms with Crippen LogP contribution in [0.4, 0.5) is 0 Å². The van der Waals surface area contributed by atoms with Gasteiger partial charge in [0.05, 0.1) is 19.8 Å². The minimum Gasteiger partial charge on any atom is -0.497 e. The van der Waals surface area contributed by atoms with Gasteiger partial charge in [0, 0.05) is 5.56 Å². The topological polar surface area (TPSA) is 61.8 Å². The lowest BCUT2D eigenvalue weighted by atomic mass is 10.1. The zero-order valence-electron chi connectivity index (χ0n) is 12.4. The van der Waals surface area contributed by atoms with Crippen molar-refractivity contribution in [3.8, 4) is 11.5 Å². The van der Waals surface area contributed by atoms with Crippen LogP contribution >= 0.6 is 0 Å². The molecular formula is C17H16O5. The summed E-state index contributed by atoms with van der Waals surface area (Å²) in [6, 6.07) is 13.2. The molecule has 2 rings (SSSR count). The van der Waals surface area contributed by atoms with Crippen LogP contribution in [0.2, 0.25) is 0 Å². The van der Waals surface area contributed by atoms with Crippen LogP contribution in [0.25, 0.3) is 0 Å². The van der Waals surface area contributed by atoms with Crippen molar-refractivity contribution in [3.05, 3.63) is 59.7 Å². The van der Waals surface area contributed by atoms with E-state index < -0.39 is 5.97 Å². The second kappa shape index (κ2) is 7.26. The van der Waals surface area contributed by atoms with Gasteiger partial charge in [-0.3, -0.25) is 4.79 Å². The van der Waals surface area contributed by atoms with Crippen molar-refractivity contribution in [2.45, 2.75) is 0 Å². The number of methoxy groups -OCH3 is 2. The van der Waals surface area contributed by atoms with E-state index in [9.17, 15) is 9.59 Å². The maximum atomic E-state index is 12.0. The number of rotatable bonds is 6. The molecule has 0 aliphatic heterocycles. The molecule has 0 radical (unpaired) electrons. The summed E-state index contributed by atoms with van der Waals surface area (Å²) in [4.78, 5) is 23.3. The summed E-state index contributed by atoms with van der Waals surface area (Å²) in [7, 11) is 2.89. The molecule has 0 fully saturated rings. The lowest BCUT2D eigenvalue weighted by Gasteiger charge is -2.07. The van der Waals surface area contributed by atoms with Crippen molar-refractivity contribution in [3.63, 3.8) is 0 Å². The van der Waals surface area contributed by atoms with Crippen molar-refractivity contribution >= 4 is 11.8 Å². The monoisotopic (exact) mass is 300 g/mol. The molecule has 0 atom stereocenters. The Labute approximate surface area is 128 Å². The van der Waals surface area contributed by atoms with Gasteiger partial charge >= 0.3 is 5.97 Å². The summed E-state index contributed by atoms with van der Waals surface area (Å²) in [6.07, 6.45) is 0. The van der Waals surface area contributed by atoms with Crippen LogP contribution in [-0.2, 0) is 4.74 Å². The Morgan fingerprint density at radius 2 is 1.36 bits per heavy atom. The third-order valence-corrected chi connectivity index (χ3v) is 3.06. The predicted octanol–water partition coefficient (Wildman–Crippen LogP) is 2.74. The maximum absolute atomic E-state index is 12.0. The molecule has 0 heterocycles. The summed E-state index contributed by atoms with van der Waals surface area (Å²) in [6.45, 7) is -0.0795. The highest BCUT2D eigenvalue weighted by molar-refractivity contribution is 5.97. The number of benzene rings is 2. The van der Waals surface area contributed by atoms with Crippen molar-refractivity contribution in [2.75, 3.05) is 20.8 Å². The number of carbonyl (C=O) groups excluding carboxylic acids is 2. The summed E-state index contributed by atoms with van der Waals surface area (Å²) >= 11 is 0. The van der Waals surface area contributed by atoms with Crippen molar-refractivity contribution in [1.82, 2.24) is 0 Å². The van der Waals surface area contributed by atoms with Crippen LogP contribution in [0, 0.1) is 0 Å². The molecule has 22 heavy (non-hydrogen) atoms. The molecule has 0 amide bonds. The van der Waals surface area contributed by atoms with E-state index in [1.54, 1.807) is 55.6 Å². The molecular weight excluding hydrogens is 284 g/mol. The molecule has 0 aromatic heterocycles. The molecule has 0 aliphatic rings. The van der Waals surface area contributed by atoms with Gasteiger partial charge in [0.1, 0.15) is 11.5 Å². The van der Waals surface area contributed by atoms with E-state index in [0.717, 1.165) is 0 Å². The largest absolute Gasteiger partial charge is 0.497 e. The number of hydrogen-bond donors (Lipinski definition) is 0. The van der Waals surface area contributed by atoms with Gasteiger partial charge in [-0.15, -0.1) is 0 Å². The van der Waals surface area contributed by atoms with Crippen molar-refractivity contribution in [1.29, 1.82) is 0 Å². The highest BCUT2D eigenvalue weighted by atomic mass is 16.5. The predicted molar refractivity (Wildman–Crippen MR) is 80.6 cm³/mol. The second-order valence-electron chi connectivity index (χ2n) is 4.46. The van der Waals surface area contributed by atoms with Gasteiger partial charge in [-0.1, -0.05) is 0 Å². The van der Waals surface area contributed by atoms with E-state index in [1.807, 2.05) is 0 Å². The van der Waals surface area contributed by atoms with Gasteiger partial charge in [0.25, 0.3) is 0 Å². The lowest BCUT2D eigenvalue weighted by Crippen LogP contribution is -2.11. The SMILES string of the molecule is COC(=O)c1ccc(OCC(=O)c2ccc(OC)cc2)cc1. The number of esters is 1. The number of hydrogen-bond acceptors (Lipinski definition) is 5. The second-order valence-corrected chi connectivity index (χ2v) is 4.46. The number of carbonyl (C=O) groups is 2. The fraction of sp³-hybridized carbons (Fsp3) is 0.176. The van der Waals surface area contributed by atoms with Crippen LogP contribution in [0.3, 0.4) is 0 Å². The summed E-state index contributed by atoms with van der Waals surface area (Å²) in [5.41, 5.74) is 0.975. The summed E-state index contributed by atoms with van der Waals surface area (Å²) in [5, 5.41) is 0. The molecule has 2 aromatic rings. The summed E-state index contributed by atoms with van der Waals surface area (Å²) < 4.78 is 15.1. The lowest BCUT2D eigenvalue weighted by molar-refractivity contribution is 0.0600. The van der Waals surface area contributed by atoms with E-state index in [4.69, 9.17) is 9.47 Å². The van der Waals surface area contributed by atoms with Gasteiger partial charge in [-0.25, -0.2) is 4.79 Å². The van der Waals surface area contributed by atoms with Gasteiger partial charge in [0.15, 0.2) is 12.4 Å². The van der Waals surface area contributed by atoms with Gasteiger partial charge in [-0.2, -0.15) is 0 Å². The third kappa shape index (κ3) is 3.85. The molecule has 0 bridgehead atoms. The Kier molecular flexibility index (Phi) is 5.14. The average molecular weight is 300 g/mol. The van der Waals surface area contributed by atoms with Crippen LogP contribution < -0.4 is 9.47 Å². The molecule has 114 valence electrons. The quantitative estimate of drug-likeness (QED) is 0.606. The Bertz CT molecular complexity index is 644. The number of ether oxygens (including phenoxy) is 3. The molecule has 0 unspecified atom stereocenters. The maximum Gasteiger partial charge on any atom is 0.337 e. The zero-order valence-corrected chi connectivity index (χ0v) is 12.4. The number of Topliss-reactive ketones (excluding diaryl/α,β-unsaturated/α-hetero) is 1. The third-order valence-electron chi connectivity index (χ3n) is 3.06. The minimum absolute atomic E-state index is 0.0795. The molecule has 0 aliphatic carbocycles. The van der Waals surface area contributed by atoms with Crippen molar-refractivity contribution in [2.24, 2.45) is 0 Å². The first kappa shape index (κ1) is 15.6. The highest BCUT2D eigenvalue weighted by Gasteiger charge is 2.08. The number of ketones is 1. The molecule has 2 aromatic carbocycles. The molecule has 0 saturated carbocycles. The fourth-order valence-electron chi connectivity index (χ4n) is 1.81. The standard InChI is InChI=1S/C17H16O5/c1-20-14-7-3-12(4-8-14)16(18)11-22-15-9-5-13(6-10-15)17(19)21-2/h3-10H,11H2,1-2H3. The Morgan fingerprint density at radius 1 is 0.818 bits per heavy atom. The van der Waals surface area contributed by atoms with E-state index in [-0.39, 0.29) is 12.4 Å². The average Bonchev–Trinajstić information content (AvgIpc) is 2.59. The van der Waals surface area contributed by atoms with E-state index >= 15 is 0 Å². The van der Waals surface area contributed by atoms with Gasteiger partial charge in [0.2, 0.25) is 0 Å². The van der Waals surface area contributed by atoms with E-state index in [0.29, 0.717) is 22.6 Å². The Morgan fingerprint density at radius 3 is 1.91 bits per heavy atom. The molecule has 0 saturated heterocycles. The minimum atomic E-state index is -0.416. The van der Waals surface area contributed by atoms with E-state index in [1.165, 1.54) is 7.11 Å². The van der Waals surface area contributed by atoms with Crippen LogP contribution in [0.5, 0.6) is 11.5 Å². The van der Waals surface area contributed by atoms with Crippen LogP contribution in [0.15, 0.2) is 48.5 Å². The fourth-order valence-corrected chi connectivity index (χ4v) is 1.81. The highest BCUT2D eigenvalue weighted by Crippen LogP contribution is 2.15. The molecule has 5 heteroatoms. The first-order chi connectivity index (χ1) is 10.6. The van der Waals surface area contributed by atoms with E-state index in [2.05, 4.69) is 4.74 Å². The van der Waals surface area contributed by atoms with Crippen LogP contribution in [-0.4, -0.2) is 32.6 Å². The Balaban J connectivity index is 1.94. The zero-order chi connectivity index (χ0) is 15.9. The van der Waals surface area contributed by atoms with Crippen molar-refractivity contribution < 1.29 is 23.8 Å².